The average molecular weight is 270 g/mol. The molecule has 0 fully saturated rings. The van der Waals surface area contributed by atoms with Crippen LogP contribution >= 0.6 is 0 Å². The van der Waals surface area contributed by atoms with E-state index in [0.29, 0.717) is 5.56 Å². The maximum atomic E-state index is 13.5. The third-order valence-corrected chi connectivity index (χ3v) is 2.65. The lowest BCUT2D eigenvalue weighted by Crippen LogP contribution is -2.22. The highest BCUT2D eigenvalue weighted by molar-refractivity contribution is 5.79. The van der Waals surface area contributed by atoms with Gasteiger partial charge in [0.25, 0.3) is 0 Å². The van der Waals surface area contributed by atoms with Crippen LogP contribution in [0.3, 0.4) is 0 Å². The number of halogens is 1. The molecule has 0 aromatic heterocycles. The summed E-state index contributed by atoms with van der Waals surface area (Å²) in [5.41, 5.74) is 0.509. The van der Waals surface area contributed by atoms with Crippen LogP contribution in [0, 0.1) is 11.7 Å². The molecule has 0 heterocycles. The fourth-order valence-corrected chi connectivity index (χ4v) is 1.74. The molecule has 1 unspecified atom stereocenters. The molecule has 104 valence electrons. The molecule has 0 saturated heterocycles. The Balaban J connectivity index is 2.86. The first-order valence-electron chi connectivity index (χ1n) is 5.60. The number of rotatable bonds is 6. The van der Waals surface area contributed by atoms with Crippen molar-refractivity contribution >= 4 is 11.9 Å². The normalized spacial score (nSPS) is 11.7. The third kappa shape index (κ3) is 4.24. The number of carbonyl (C=O) groups is 2. The summed E-state index contributed by atoms with van der Waals surface area (Å²) in [4.78, 5) is 22.1. The molecular formula is C13H15FO5. The number of carbonyl (C=O) groups excluding carboxylic acids is 1. The third-order valence-electron chi connectivity index (χ3n) is 2.65. The van der Waals surface area contributed by atoms with Gasteiger partial charge in [-0.1, -0.05) is 6.07 Å². The number of hydrogen-bond donors (Lipinski definition) is 1. The van der Waals surface area contributed by atoms with Gasteiger partial charge in [-0.05, 0) is 24.1 Å². The summed E-state index contributed by atoms with van der Waals surface area (Å²) < 4.78 is 22.8. The molecule has 1 atom stereocenters. The lowest BCUT2D eigenvalue weighted by molar-refractivity contribution is -0.150. The fourth-order valence-electron chi connectivity index (χ4n) is 1.74. The molecule has 19 heavy (non-hydrogen) atoms. The van der Waals surface area contributed by atoms with E-state index in [2.05, 4.69) is 4.74 Å². The first-order valence-corrected chi connectivity index (χ1v) is 5.60. The van der Waals surface area contributed by atoms with Crippen molar-refractivity contribution in [1.29, 1.82) is 0 Å². The molecule has 0 saturated carbocycles. The van der Waals surface area contributed by atoms with Crippen molar-refractivity contribution in [3.8, 4) is 5.75 Å². The minimum Gasteiger partial charge on any atom is -0.494 e. The van der Waals surface area contributed by atoms with E-state index in [4.69, 9.17) is 9.84 Å². The summed E-state index contributed by atoms with van der Waals surface area (Å²) in [5.74, 6) is -3.03. The smallest absolute Gasteiger partial charge is 0.309 e. The Kier molecular flexibility index (Phi) is 5.29. The number of benzene rings is 1. The minimum atomic E-state index is -1.11. The van der Waals surface area contributed by atoms with Gasteiger partial charge in [-0.2, -0.15) is 0 Å². The van der Waals surface area contributed by atoms with Crippen molar-refractivity contribution in [1.82, 2.24) is 0 Å². The molecule has 6 heteroatoms. The number of methoxy groups -OCH3 is 2. The van der Waals surface area contributed by atoms with E-state index in [1.165, 1.54) is 26.4 Å². The van der Waals surface area contributed by atoms with Gasteiger partial charge in [-0.25, -0.2) is 4.39 Å². The van der Waals surface area contributed by atoms with Gasteiger partial charge in [0, 0.05) is 0 Å². The molecule has 5 nitrogen and oxygen atoms in total. The zero-order valence-corrected chi connectivity index (χ0v) is 10.7. The first-order chi connectivity index (χ1) is 8.97. The number of esters is 1. The quantitative estimate of drug-likeness (QED) is 0.795. The van der Waals surface area contributed by atoms with Crippen LogP contribution in [-0.4, -0.2) is 31.3 Å². The topological polar surface area (TPSA) is 72.8 Å². The van der Waals surface area contributed by atoms with Gasteiger partial charge in [-0.3, -0.25) is 9.59 Å². The molecule has 0 spiro atoms. The van der Waals surface area contributed by atoms with Crippen molar-refractivity contribution < 1.29 is 28.6 Å². The van der Waals surface area contributed by atoms with E-state index < -0.39 is 23.7 Å². The van der Waals surface area contributed by atoms with Crippen LogP contribution < -0.4 is 4.74 Å². The molecular weight excluding hydrogens is 255 g/mol. The largest absolute Gasteiger partial charge is 0.494 e. The van der Waals surface area contributed by atoms with Crippen molar-refractivity contribution in [3.05, 3.63) is 29.6 Å². The predicted octanol–water partition coefficient (Wildman–Crippen LogP) is 1.64. The molecule has 0 amide bonds. The summed E-state index contributed by atoms with van der Waals surface area (Å²) in [7, 11) is 2.53. The second kappa shape index (κ2) is 6.72. The molecule has 0 aliphatic rings. The molecule has 1 rings (SSSR count). The maximum Gasteiger partial charge on any atom is 0.309 e. The lowest BCUT2D eigenvalue weighted by atomic mass is 9.96. The second-order valence-corrected chi connectivity index (χ2v) is 3.99. The van der Waals surface area contributed by atoms with Gasteiger partial charge in [0.1, 0.15) is 0 Å². The van der Waals surface area contributed by atoms with Crippen LogP contribution in [-0.2, 0) is 20.7 Å². The van der Waals surface area contributed by atoms with Gasteiger partial charge in [0.05, 0.1) is 26.6 Å². The molecule has 1 aromatic rings. The molecule has 1 aromatic carbocycles. The van der Waals surface area contributed by atoms with Crippen LogP contribution in [0.2, 0.25) is 0 Å². The number of aliphatic carboxylic acids is 1. The van der Waals surface area contributed by atoms with Crippen LogP contribution in [0.25, 0.3) is 0 Å². The van der Waals surface area contributed by atoms with Crippen molar-refractivity contribution in [2.75, 3.05) is 14.2 Å². The van der Waals surface area contributed by atoms with Crippen molar-refractivity contribution in [2.45, 2.75) is 12.8 Å². The summed E-state index contributed by atoms with van der Waals surface area (Å²) in [6.45, 7) is 0. The summed E-state index contributed by atoms with van der Waals surface area (Å²) >= 11 is 0. The van der Waals surface area contributed by atoms with Crippen molar-refractivity contribution in [2.24, 2.45) is 5.92 Å². The van der Waals surface area contributed by atoms with Gasteiger partial charge in [-0.15, -0.1) is 0 Å². The Bertz CT molecular complexity index is 472. The fraction of sp³-hybridized carbons (Fsp3) is 0.385. The monoisotopic (exact) mass is 270 g/mol. The van der Waals surface area contributed by atoms with Gasteiger partial charge in [0.2, 0.25) is 0 Å². The molecule has 0 aliphatic carbocycles. The van der Waals surface area contributed by atoms with E-state index in [9.17, 15) is 14.0 Å². The minimum absolute atomic E-state index is 0.0941. The number of carboxylic acid groups (broad SMARTS) is 1. The number of hydrogen-bond acceptors (Lipinski definition) is 4. The Morgan fingerprint density at radius 3 is 2.53 bits per heavy atom. The zero-order chi connectivity index (χ0) is 14.4. The zero-order valence-electron chi connectivity index (χ0n) is 10.7. The highest BCUT2D eigenvalue weighted by atomic mass is 19.1. The van der Waals surface area contributed by atoms with Gasteiger partial charge >= 0.3 is 11.9 Å². The van der Waals surface area contributed by atoms with Crippen molar-refractivity contribution in [3.63, 3.8) is 0 Å². The summed E-state index contributed by atoms with van der Waals surface area (Å²) in [5, 5.41) is 8.74. The van der Waals surface area contributed by atoms with Gasteiger partial charge in [0.15, 0.2) is 11.6 Å². The van der Waals surface area contributed by atoms with Crippen LogP contribution in [0.1, 0.15) is 12.0 Å². The average Bonchev–Trinajstić information content (AvgIpc) is 2.36. The number of carboxylic acids is 1. The molecule has 1 N–H and O–H groups in total. The van der Waals surface area contributed by atoms with Crippen LogP contribution in [0.15, 0.2) is 18.2 Å². The summed E-state index contributed by atoms with van der Waals surface area (Å²) in [6, 6.07) is 4.23. The predicted molar refractivity (Wildman–Crippen MR) is 64.4 cm³/mol. The second-order valence-electron chi connectivity index (χ2n) is 3.99. The standard InChI is InChI=1S/C13H15FO5/c1-18-11-4-3-8(6-10(11)14)5-9(7-12(15)16)13(17)19-2/h3-4,6,9H,5,7H2,1-2H3,(H,15,16). The highest BCUT2D eigenvalue weighted by Crippen LogP contribution is 2.21. The van der Waals surface area contributed by atoms with Gasteiger partial charge < -0.3 is 14.6 Å². The summed E-state index contributed by atoms with van der Waals surface area (Å²) in [6.07, 6.45) is -0.264. The molecule has 0 radical (unpaired) electrons. The van der Waals surface area contributed by atoms with Crippen LogP contribution in [0.5, 0.6) is 5.75 Å². The Morgan fingerprint density at radius 1 is 1.37 bits per heavy atom. The van der Waals surface area contributed by atoms with E-state index in [-0.39, 0.29) is 18.6 Å². The SMILES string of the molecule is COC(=O)C(CC(=O)O)Cc1ccc(OC)c(F)c1. The Morgan fingerprint density at radius 2 is 2.05 bits per heavy atom. The Labute approximate surface area is 109 Å². The van der Waals surface area contributed by atoms with E-state index in [0.717, 1.165) is 0 Å². The maximum absolute atomic E-state index is 13.5. The number of ether oxygens (including phenoxy) is 2. The molecule has 0 bridgehead atoms. The Hall–Kier alpha value is -2.11. The van der Waals surface area contributed by atoms with Crippen LogP contribution in [0.4, 0.5) is 4.39 Å². The van der Waals surface area contributed by atoms with E-state index in [1.54, 1.807) is 6.07 Å². The molecule has 0 aliphatic heterocycles. The first kappa shape index (κ1) is 14.9. The lowest BCUT2D eigenvalue weighted by Gasteiger charge is -2.13. The van der Waals surface area contributed by atoms with E-state index in [1.807, 2.05) is 0 Å². The highest BCUT2D eigenvalue weighted by Gasteiger charge is 2.23. The van der Waals surface area contributed by atoms with E-state index >= 15 is 0 Å².